The number of benzene rings is 1. The number of aryl methyl sites for hydroxylation is 1. The predicted octanol–water partition coefficient (Wildman–Crippen LogP) is 1.95. The maximum Gasteiger partial charge on any atom is 0.252 e. The highest BCUT2D eigenvalue weighted by Crippen LogP contribution is 2.07. The molecule has 0 spiro atoms. The van der Waals surface area contributed by atoms with Gasteiger partial charge in [0.05, 0.1) is 0 Å². The van der Waals surface area contributed by atoms with E-state index < -0.39 is 0 Å². The molecule has 0 fully saturated rings. The van der Waals surface area contributed by atoms with Gasteiger partial charge in [-0.1, -0.05) is 24.8 Å². The molecule has 1 aromatic carbocycles. The van der Waals surface area contributed by atoms with Gasteiger partial charge in [0.1, 0.15) is 6.54 Å². The van der Waals surface area contributed by atoms with E-state index in [4.69, 9.17) is 0 Å². The van der Waals surface area contributed by atoms with Gasteiger partial charge in [0.15, 0.2) is 11.0 Å². The predicted molar refractivity (Wildman–Crippen MR) is 53.4 cm³/mol. The van der Waals surface area contributed by atoms with Crippen LogP contribution in [0.5, 0.6) is 0 Å². The van der Waals surface area contributed by atoms with E-state index in [2.05, 4.69) is 41.3 Å². The van der Waals surface area contributed by atoms with Crippen LogP contribution in [-0.4, -0.2) is 4.98 Å². The molecule has 1 aromatic heterocycles. The third kappa shape index (κ3) is 1.24. The van der Waals surface area contributed by atoms with Crippen molar-refractivity contribution in [1.82, 2.24) is 4.98 Å². The van der Waals surface area contributed by atoms with Gasteiger partial charge >= 0.3 is 0 Å². The van der Waals surface area contributed by atoms with Gasteiger partial charge in [-0.2, -0.15) is 0 Å². The normalized spacial score (nSPS) is 10.5. The van der Waals surface area contributed by atoms with Gasteiger partial charge < -0.3 is 0 Å². The number of hydrogen-bond donors (Lipinski definition) is 1. The lowest BCUT2D eigenvalue weighted by Gasteiger charge is -1.92. The number of rotatable bonds is 2. The average molecular weight is 173 g/mol. The second-order valence-corrected chi connectivity index (χ2v) is 3.13. The summed E-state index contributed by atoms with van der Waals surface area (Å²) in [5.41, 5.74) is 2.42. The second kappa shape index (κ2) is 3.05. The fourth-order valence-corrected chi connectivity index (χ4v) is 1.62. The molecule has 2 heteroatoms. The first kappa shape index (κ1) is 8.05. The van der Waals surface area contributed by atoms with Crippen molar-refractivity contribution in [2.45, 2.75) is 13.5 Å². The van der Waals surface area contributed by atoms with Crippen LogP contribution in [0.2, 0.25) is 0 Å². The monoisotopic (exact) mass is 173 g/mol. The van der Waals surface area contributed by atoms with Crippen molar-refractivity contribution >= 4 is 11.0 Å². The van der Waals surface area contributed by atoms with Gasteiger partial charge in [-0.15, -0.1) is 0 Å². The molecule has 66 valence electrons. The van der Waals surface area contributed by atoms with Gasteiger partial charge in [0.25, 0.3) is 5.82 Å². The zero-order valence-corrected chi connectivity index (χ0v) is 7.75. The smallest absolute Gasteiger partial charge is 0.241 e. The number of allylic oxidation sites excluding steroid dienone is 1. The van der Waals surface area contributed by atoms with Crippen LogP contribution in [0.3, 0.4) is 0 Å². The van der Waals surface area contributed by atoms with Crippen LogP contribution in [0, 0.1) is 6.92 Å². The first-order valence-corrected chi connectivity index (χ1v) is 4.41. The quantitative estimate of drug-likeness (QED) is 0.529. The number of para-hydroxylation sites is 2. The standard InChI is InChI=1S/C11H12N2/c1-3-8-13-9(2)12-10-6-4-5-7-11(10)13/h3-7H,1,8H2,2H3/p+1. The van der Waals surface area contributed by atoms with Crippen molar-refractivity contribution in [3.63, 3.8) is 0 Å². The Hall–Kier alpha value is -1.57. The van der Waals surface area contributed by atoms with Crippen LogP contribution in [-0.2, 0) is 6.54 Å². The van der Waals surface area contributed by atoms with E-state index in [1.807, 2.05) is 12.1 Å². The van der Waals surface area contributed by atoms with Gasteiger partial charge in [-0.25, -0.2) is 9.55 Å². The van der Waals surface area contributed by atoms with E-state index in [1.54, 1.807) is 0 Å². The van der Waals surface area contributed by atoms with Gasteiger partial charge in [-0.05, 0) is 12.1 Å². The maximum absolute atomic E-state index is 3.75. The third-order valence-electron chi connectivity index (χ3n) is 2.23. The Morgan fingerprint density at radius 2 is 2.23 bits per heavy atom. The summed E-state index contributed by atoms with van der Waals surface area (Å²) in [6.45, 7) is 6.68. The molecule has 0 saturated carbocycles. The van der Waals surface area contributed by atoms with Crippen molar-refractivity contribution in [3.05, 3.63) is 42.7 Å². The lowest BCUT2D eigenvalue weighted by molar-refractivity contribution is -0.667. The van der Waals surface area contributed by atoms with Gasteiger partial charge in [0.2, 0.25) is 0 Å². The Labute approximate surface area is 77.5 Å². The summed E-state index contributed by atoms with van der Waals surface area (Å²) in [7, 11) is 0. The molecule has 0 radical (unpaired) electrons. The Balaban J connectivity index is 2.70. The fraction of sp³-hybridized carbons (Fsp3) is 0.182. The van der Waals surface area contributed by atoms with Crippen LogP contribution in [0.25, 0.3) is 11.0 Å². The minimum Gasteiger partial charge on any atom is -0.241 e. The molecule has 0 amide bonds. The topological polar surface area (TPSA) is 19.7 Å². The number of aromatic nitrogens is 2. The average Bonchev–Trinajstić information content (AvgIpc) is 2.44. The zero-order chi connectivity index (χ0) is 9.26. The number of aromatic amines is 1. The van der Waals surface area contributed by atoms with Crippen molar-refractivity contribution in [2.24, 2.45) is 0 Å². The minimum absolute atomic E-state index is 0.857. The first-order chi connectivity index (χ1) is 6.33. The number of nitrogens with zero attached hydrogens (tertiary/aromatic N) is 1. The van der Waals surface area contributed by atoms with Gasteiger partial charge in [0, 0.05) is 6.92 Å². The molecule has 2 rings (SSSR count). The number of fused-ring (bicyclic) bond motifs is 1. The summed E-state index contributed by atoms with van der Waals surface area (Å²) in [4.78, 5) is 3.33. The second-order valence-electron chi connectivity index (χ2n) is 3.13. The molecule has 1 heterocycles. The number of H-pyrrole nitrogens is 1. The van der Waals surface area contributed by atoms with Gasteiger partial charge in [-0.3, -0.25) is 0 Å². The van der Waals surface area contributed by atoms with Crippen molar-refractivity contribution in [1.29, 1.82) is 0 Å². The third-order valence-corrected chi connectivity index (χ3v) is 2.23. The summed E-state index contributed by atoms with van der Waals surface area (Å²) >= 11 is 0. The molecule has 0 unspecified atom stereocenters. The summed E-state index contributed by atoms with van der Waals surface area (Å²) in [6.07, 6.45) is 1.91. The molecule has 0 bridgehead atoms. The van der Waals surface area contributed by atoms with E-state index in [1.165, 1.54) is 16.9 Å². The van der Waals surface area contributed by atoms with Crippen LogP contribution in [0.4, 0.5) is 0 Å². The van der Waals surface area contributed by atoms with E-state index in [0.717, 1.165) is 6.54 Å². The summed E-state index contributed by atoms with van der Waals surface area (Å²) in [5.74, 6) is 1.17. The lowest BCUT2D eigenvalue weighted by atomic mass is 10.3. The summed E-state index contributed by atoms with van der Waals surface area (Å²) in [5, 5.41) is 0. The zero-order valence-electron chi connectivity index (χ0n) is 7.75. The molecule has 0 saturated heterocycles. The SMILES string of the molecule is C=CC[n+]1c(C)[nH]c2ccccc21. The van der Waals surface area contributed by atoms with Crippen molar-refractivity contribution < 1.29 is 4.57 Å². The van der Waals surface area contributed by atoms with Crippen LogP contribution < -0.4 is 4.57 Å². The van der Waals surface area contributed by atoms with E-state index in [-0.39, 0.29) is 0 Å². The molecule has 1 N–H and O–H groups in total. The molecule has 0 atom stereocenters. The van der Waals surface area contributed by atoms with E-state index in [0.29, 0.717) is 0 Å². The van der Waals surface area contributed by atoms with Crippen molar-refractivity contribution in [2.75, 3.05) is 0 Å². The van der Waals surface area contributed by atoms with Crippen molar-refractivity contribution in [3.8, 4) is 0 Å². The molecular weight excluding hydrogens is 160 g/mol. The Morgan fingerprint density at radius 3 is 3.00 bits per heavy atom. The number of nitrogens with one attached hydrogen (secondary N) is 1. The molecular formula is C11H13N2+. The van der Waals surface area contributed by atoms with Crippen LogP contribution in [0.1, 0.15) is 5.82 Å². The largest absolute Gasteiger partial charge is 0.252 e. The highest BCUT2D eigenvalue weighted by Gasteiger charge is 2.11. The number of imidazole rings is 1. The van der Waals surface area contributed by atoms with Crippen LogP contribution >= 0.6 is 0 Å². The lowest BCUT2D eigenvalue weighted by Crippen LogP contribution is -2.34. The minimum atomic E-state index is 0.857. The Bertz CT molecular complexity index is 440. The molecule has 0 aliphatic rings. The summed E-state index contributed by atoms with van der Waals surface area (Å²) in [6, 6.07) is 8.29. The maximum atomic E-state index is 3.75. The van der Waals surface area contributed by atoms with E-state index in [9.17, 15) is 0 Å². The van der Waals surface area contributed by atoms with Crippen LogP contribution in [0.15, 0.2) is 36.9 Å². The number of hydrogen-bond acceptors (Lipinski definition) is 0. The Morgan fingerprint density at radius 1 is 1.46 bits per heavy atom. The molecule has 13 heavy (non-hydrogen) atoms. The Kier molecular flexibility index (Phi) is 1.89. The highest BCUT2D eigenvalue weighted by atomic mass is 15.1. The molecule has 0 aliphatic carbocycles. The summed E-state index contributed by atoms with van der Waals surface area (Å²) < 4.78 is 2.21. The molecule has 2 aromatic rings. The first-order valence-electron chi connectivity index (χ1n) is 4.41. The molecule has 0 aliphatic heterocycles. The van der Waals surface area contributed by atoms with E-state index >= 15 is 0 Å². The highest BCUT2D eigenvalue weighted by molar-refractivity contribution is 5.70. The fourth-order valence-electron chi connectivity index (χ4n) is 1.62. The molecule has 2 nitrogen and oxygen atoms in total.